The highest BCUT2D eigenvalue weighted by molar-refractivity contribution is 7.80. The molecular formula is C26H54O12S. The number of ether oxygens (including phenoxy) is 8. The molecule has 39 heavy (non-hydrogen) atoms. The maximum atomic E-state index is 10.3. The van der Waals surface area contributed by atoms with Gasteiger partial charge in [0.05, 0.1) is 106 Å². The first kappa shape index (κ1) is 38.5. The maximum absolute atomic E-state index is 10.3. The monoisotopic (exact) mass is 590 g/mol. The van der Waals surface area contributed by atoms with E-state index in [1.807, 2.05) is 0 Å². The lowest BCUT2D eigenvalue weighted by molar-refractivity contribution is -0.0237. The molecule has 0 saturated carbocycles. The highest BCUT2D eigenvalue weighted by atomic mass is 32.3. The van der Waals surface area contributed by atoms with Crippen LogP contribution in [0.4, 0.5) is 0 Å². The summed E-state index contributed by atoms with van der Waals surface area (Å²) in [4.78, 5) is 0. The lowest BCUT2D eigenvalue weighted by Crippen LogP contribution is -2.15. The third-order valence-corrected chi connectivity index (χ3v) is 5.67. The first-order chi connectivity index (χ1) is 19.1. The zero-order valence-electron chi connectivity index (χ0n) is 24.0. The Kier molecular flexibility index (Phi) is 31.7. The fourth-order valence-corrected chi connectivity index (χ4v) is 3.46. The fraction of sp³-hybridized carbons (Fsp3) is 1.00. The summed E-state index contributed by atoms with van der Waals surface area (Å²) in [5, 5.41) is 0. The second kappa shape index (κ2) is 32.1. The summed E-state index contributed by atoms with van der Waals surface area (Å²) in [7, 11) is -4.41. The highest BCUT2D eigenvalue weighted by Gasteiger charge is 2.02. The minimum atomic E-state index is -4.41. The predicted molar refractivity (Wildman–Crippen MR) is 147 cm³/mol. The van der Waals surface area contributed by atoms with Gasteiger partial charge in [0.2, 0.25) is 0 Å². The molecule has 0 aromatic rings. The third-order valence-electron chi connectivity index (χ3n) is 5.21. The lowest BCUT2D eigenvalue weighted by atomic mass is 10.1. The Morgan fingerprint density at radius 1 is 0.385 bits per heavy atom. The van der Waals surface area contributed by atoms with Gasteiger partial charge in [-0.3, -0.25) is 4.55 Å². The summed E-state index contributed by atoms with van der Waals surface area (Å²) in [6.07, 6.45) is 10.5. The largest absolute Gasteiger partial charge is 0.397 e. The van der Waals surface area contributed by atoms with E-state index in [1.165, 1.54) is 44.9 Å². The molecule has 0 aromatic carbocycles. The minimum Gasteiger partial charge on any atom is -0.379 e. The second-order valence-corrected chi connectivity index (χ2v) is 9.71. The van der Waals surface area contributed by atoms with Crippen LogP contribution in [-0.4, -0.2) is 125 Å². The third kappa shape index (κ3) is 37.5. The number of hydrogen-bond donors (Lipinski definition) is 1. The van der Waals surface area contributed by atoms with Gasteiger partial charge in [-0.05, 0) is 6.42 Å². The number of unbranched alkanes of at least 4 members (excludes halogenated alkanes) is 7. The topological polar surface area (TPSA) is 137 Å². The Balaban J connectivity index is 3.05. The molecule has 0 spiro atoms. The molecule has 0 heterocycles. The Labute approximate surface area is 236 Å². The van der Waals surface area contributed by atoms with Crippen molar-refractivity contribution in [3.05, 3.63) is 0 Å². The Hall–Kier alpha value is -0.450. The van der Waals surface area contributed by atoms with Gasteiger partial charge in [0.15, 0.2) is 0 Å². The molecule has 0 fully saturated rings. The normalized spacial score (nSPS) is 11.9. The Morgan fingerprint density at radius 2 is 0.641 bits per heavy atom. The molecule has 12 nitrogen and oxygen atoms in total. The average molecular weight is 591 g/mol. The number of rotatable bonds is 34. The van der Waals surface area contributed by atoms with Gasteiger partial charge in [-0.1, -0.05) is 51.9 Å². The molecule has 1 N–H and O–H groups in total. The SMILES string of the molecule is CCCCCCCCCCOCCOCCOCCOCCOCCOCCOCCOCCOS(=O)(=O)O. The van der Waals surface area contributed by atoms with Crippen LogP contribution in [0.25, 0.3) is 0 Å². The van der Waals surface area contributed by atoms with Crippen LogP contribution in [0.2, 0.25) is 0 Å². The quantitative estimate of drug-likeness (QED) is 0.0871. The molecule has 0 aliphatic carbocycles. The molecule has 0 aliphatic heterocycles. The van der Waals surface area contributed by atoms with Crippen LogP contribution in [0.1, 0.15) is 58.3 Å². The van der Waals surface area contributed by atoms with Crippen molar-refractivity contribution in [3.8, 4) is 0 Å². The van der Waals surface area contributed by atoms with Crippen molar-refractivity contribution in [1.82, 2.24) is 0 Å². The zero-order valence-corrected chi connectivity index (χ0v) is 24.8. The van der Waals surface area contributed by atoms with Gasteiger partial charge >= 0.3 is 10.4 Å². The molecule has 0 radical (unpaired) electrons. The first-order valence-electron chi connectivity index (χ1n) is 14.3. The van der Waals surface area contributed by atoms with Crippen molar-refractivity contribution < 1.29 is 55.0 Å². The smallest absolute Gasteiger partial charge is 0.379 e. The van der Waals surface area contributed by atoms with Gasteiger partial charge in [-0.15, -0.1) is 0 Å². The lowest BCUT2D eigenvalue weighted by Gasteiger charge is -2.08. The van der Waals surface area contributed by atoms with E-state index in [2.05, 4.69) is 11.1 Å². The van der Waals surface area contributed by atoms with E-state index in [-0.39, 0.29) is 19.8 Å². The van der Waals surface area contributed by atoms with E-state index in [4.69, 9.17) is 42.4 Å². The van der Waals surface area contributed by atoms with Gasteiger partial charge in [0.25, 0.3) is 0 Å². The molecule has 0 aromatic heterocycles. The van der Waals surface area contributed by atoms with Crippen LogP contribution >= 0.6 is 0 Å². The molecule has 236 valence electrons. The minimum absolute atomic E-state index is 0.0401. The van der Waals surface area contributed by atoms with Gasteiger partial charge in [0, 0.05) is 6.61 Å². The van der Waals surface area contributed by atoms with Crippen LogP contribution < -0.4 is 0 Å². The first-order valence-corrected chi connectivity index (χ1v) is 15.7. The molecule has 0 aliphatic rings. The molecule has 0 amide bonds. The van der Waals surface area contributed by atoms with Crippen molar-refractivity contribution in [3.63, 3.8) is 0 Å². The average Bonchev–Trinajstić information content (AvgIpc) is 2.90. The van der Waals surface area contributed by atoms with Crippen LogP contribution in [0, 0.1) is 0 Å². The summed E-state index contributed by atoms with van der Waals surface area (Å²) in [6.45, 7) is 9.59. The van der Waals surface area contributed by atoms with E-state index in [0.717, 1.165) is 13.0 Å². The van der Waals surface area contributed by atoms with Gasteiger partial charge < -0.3 is 37.9 Å². The van der Waals surface area contributed by atoms with Crippen molar-refractivity contribution >= 4 is 10.4 Å². The molecule has 0 unspecified atom stereocenters. The molecule has 0 rings (SSSR count). The Morgan fingerprint density at radius 3 is 0.949 bits per heavy atom. The molecule has 13 heteroatoms. The van der Waals surface area contributed by atoms with Crippen LogP contribution in [0.3, 0.4) is 0 Å². The summed E-state index contributed by atoms with van der Waals surface area (Å²) in [6, 6.07) is 0. The standard InChI is InChI=1S/C26H54O12S/c1-2-3-4-5-6-7-8-9-10-30-11-12-31-13-14-32-15-16-33-17-18-34-19-20-35-21-22-36-23-24-37-25-26-38-39(27,28)29/h2-26H2,1H3,(H,27,28,29). The van der Waals surface area contributed by atoms with Gasteiger partial charge in [0.1, 0.15) is 0 Å². The molecular weight excluding hydrogens is 536 g/mol. The van der Waals surface area contributed by atoms with E-state index >= 15 is 0 Å². The van der Waals surface area contributed by atoms with E-state index in [0.29, 0.717) is 85.9 Å². The summed E-state index contributed by atoms with van der Waals surface area (Å²) in [5.41, 5.74) is 0. The maximum Gasteiger partial charge on any atom is 0.397 e. The van der Waals surface area contributed by atoms with E-state index in [9.17, 15) is 8.42 Å². The highest BCUT2D eigenvalue weighted by Crippen LogP contribution is 2.08. The van der Waals surface area contributed by atoms with E-state index in [1.54, 1.807) is 0 Å². The van der Waals surface area contributed by atoms with Crippen LogP contribution in [0.5, 0.6) is 0 Å². The van der Waals surface area contributed by atoms with Crippen LogP contribution in [0.15, 0.2) is 0 Å². The molecule has 0 bridgehead atoms. The van der Waals surface area contributed by atoms with Crippen molar-refractivity contribution in [1.29, 1.82) is 0 Å². The van der Waals surface area contributed by atoms with Crippen LogP contribution in [-0.2, 0) is 52.5 Å². The summed E-state index contributed by atoms with van der Waals surface area (Å²) < 4.78 is 76.3. The summed E-state index contributed by atoms with van der Waals surface area (Å²) >= 11 is 0. The molecule has 0 saturated heterocycles. The van der Waals surface area contributed by atoms with Crippen molar-refractivity contribution in [2.75, 3.05) is 112 Å². The fourth-order valence-electron chi connectivity index (χ4n) is 3.18. The summed E-state index contributed by atoms with van der Waals surface area (Å²) in [5.74, 6) is 0. The van der Waals surface area contributed by atoms with Crippen molar-refractivity contribution in [2.45, 2.75) is 58.3 Å². The predicted octanol–water partition coefficient (Wildman–Crippen LogP) is 3.08. The second-order valence-electron chi connectivity index (χ2n) is 8.62. The van der Waals surface area contributed by atoms with E-state index < -0.39 is 10.4 Å². The van der Waals surface area contributed by atoms with Crippen molar-refractivity contribution in [2.24, 2.45) is 0 Å². The zero-order chi connectivity index (χ0) is 28.5. The Bertz CT molecular complexity index is 565. The molecule has 0 atom stereocenters. The van der Waals surface area contributed by atoms with Gasteiger partial charge in [-0.2, -0.15) is 8.42 Å². The number of hydrogen-bond acceptors (Lipinski definition) is 11. The van der Waals surface area contributed by atoms with Gasteiger partial charge in [-0.25, -0.2) is 4.18 Å².